The normalized spacial score (nSPS) is 13.5. The number of nitrogens with zero attached hydrogens (tertiary/aromatic N) is 2. The van der Waals surface area contributed by atoms with Crippen molar-refractivity contribution in [2.24, 2.45) is 0 Å². The van der Waals surface area contributed by atoms with Gasteiger partial charge in [-0.15, -0.1) is 0 Å². The Morgan fingerprint density at radius 1 is 1.25 bits per heavy atom. The zero-order valence-corrected chi connectivity index (χ0v) is 11.6. The molecule has 0 saturated heterocycles. The minimum absolute atomic E-state index is 0.115. The van der Waals surface area contributed by atoms with Crippen molar-refractivity contribution in [1.29, 1.82) is 0 Å². The van der Waals surface area contributed by atoms with Crippen LogP contribution in [0.25, 0.3) is 11.3 Å². The first-order chi connectivity index (χ1) is 9.63. The largest absolute Gasteiger partial charge is 0.493 e. The lowest BCUT2D eigenvalue weighted by molar-refractivity contribution is 0.100. The molecule has 0 bridgehead atoms. The monoisotopic (exact) mass is 268 g/mol. The molecule has 1 aliphatic heterocycles. The number of fused-ring (bicyclic) bond motifs is 1. The molecule has 0 fully saturated rings. The van der Waals surface area contributed by atoms with Gasteiger partial charge in [0.15, 0.2) is 11.6 Å². The van der Waals surface area contributed by atoms with Gasteiger partial charge in [-0.05, 0) is 49.6 Å². The van der Waals surface area contributed by atoms with Crippen LogP contribution in [0.3, 0.4) is 0 Å². The second-order valence-corrected chi connectivity index (χ2v) is 5.05. The smallest absolute Gasteiger partial charge is 0.196 e. The van der Waals surface area contributed by atoms with Crippen LogP contribution in [0.5, 0.6) is 5.75 Å². The molecule has 0 saturated carbocycles. The van der Waals surface area contributed by atoms with Crippen molar-refractivity contribution >= 4 is 5.78 Å². The predicted octanol–water partition coefficient (Wildman–Crippen LogP) is 2.98. The Bertz CT molecular complexity index is 680. The molecular formula is C16H16N2O2. The average Bonchev–Trinajstić information content (AvgIpc) is 2.46. The first kappa shape index (κ1) is 12.8. The summed E-state index contributed by atoms with van der Waals surface area (Å²) in [5.41, 5.74) is 3.79. The van der Waals surface area contributed by atoms with Gasteiger partial charge in [0.1, 0.15) is 5.75 Å². The molecule has 0 radical (unpaired) electrons. The fourth-order valence-corrected chi connectivity index (χ4v) is 2.39. The Labute approximate surface area is 117 Å². The Morgan fingerprint density at radius 3 is 2.90 bits per heavy atom. The number of rotatable bonds is 2. The van der Waals surface area contributed by atoms with Gasteiger partial charge < -0.3 is 4.74 Å². The molecular weight excluding hydrogens is 252 g/mol. The van der Waals surface area contributed by atoms with Crippen LogP contribution in [0.1, 0.15) is 35.2 Å². The zero-order chi connectivity index (χ0) is 14.1. The van der Waals surface area contributed by atoms with Gasteiger partial charge in [-0.3, -0.25) is 4.79 Å². The summed E-state index contributed by atoms with van der Waals surface area (Å²) in [6, 6.07) is 7.96. The molecule has 2 heterocycles. The summed E-state index contributed by atoms with van der Waals surface area (Å²) in [5, 5.41) is 0. The molecule has 1 aliphatic rings. The molecule has 1 aromatic heterocycles. The van der Waals surface area contributed by atoms with E-state index in [2.05, 4.69) is 16.0 Å². The van der Waals surface area contributed by atoms with E-state index in [1.807, 2.05) is 25.1 Å². The van der Waals surface area contributed by atoms with Crippen LogP contribution in [0, 0.1) is 6.92 Å². The summed E-state index contributed by atoms with van der Waals surface area (Å²) in [4.78, 5) is 20.0. The van der Waals surface area contributed by atoms with Crippen LogP contribution >= 0.6 is 0 Å². The van der Waals surface area contributed by atoms with Crippen molar-refractivity contribution in [3.8, 4) is 17.0 Å². The van der Waals surface area contributed by atoms with Crippen molar-refractivity contribution in [2.45, 2.75) is 26.7 Å². The van der Waals surface area contributed by atoms with E-state index in [0.717, 1.165) is 42.1 Å². The molecule has 0 amide bonds. The summed E-state index contributed by atoms with van der Waals surface area (Å²) in [5.74, 6) is 1.11. The highest BCUT2D eigenvalue weighted by molar-refractivity contribution is 5.90. The predicted molar refractivity (Wildman–Crippen MR) is 76.0 cm³/mol. The van der Waals surface area contributed by atoms with Crippen LogP contribution < -0.4 is 4.74 Å². The van der Waals surface area contributed by atoms with E-state index >= 15 is 0 Å². The van der Waals surface area contributed by atoms with E-state index in [-0.39, 0.29) is 11.6 Å². The van der Waals surface area contributed by atoms with Crippen molar-refractivity contribution in [3.63, 3.8) is 0 Å². The highest BCUT2D eigenvalue weighted by Gasteiger charge is 2.13. The maximum Gasteiger partial charge on any atom is 0.196 e. The number of hydrogen-bond acceptors (Lipinski definition) is 4. The lowest BCUT2D eigenvalue weighted by Crippen LogP contribution is -2.08. The summed E-state index contributed by atoms with van der Waals surface area (Å²) in [7, 11) is 0. The lowest BCUT2D eigenvalue weighted by atomic mass is 10.0. The fraction of sp³-hybridized carbons (Fsp3) is 0.312. The number of Topliss-reactive ketones (excluding diaryl/α,β-unsaturated/α-hetero) is 1. The van der Waals surface area contributed by atoms with Gasteiger partial charge >= 0.3 is 0 Å². The van der Waals surface area contributed by atoms with Crippen LogP contribution in [0.15, 0.2) is 24.3 Å². The van der Waals surface area contributed by atoms with Crippen LogP contribution in [-0.2, 0) is 6.42 Å². The Hall–Kier alpha value is -2.23. The van der Waals surface area contributed by atoms with Gasteiger partial charge in [0.05, 0.1) is 12.3 Å². The number of carbonyl (C=O) groups excluding carboxylic acids is 1. The quantitative estimate of drug-likeness (QED) is 0.786. The van der Waals surface area contributed by atoms with Gasteiger partial charge in [-0.1, -0.05) is 0 Å². The maximum absolute atomic E-state index is 11.5. The molecule has 0 N–H and O–H groups in total. The van der Waals surface area contributed by atoms with E-state index in [0.29, 0.717) is 0 Å². The van der Waals surface area contributed by atoms with Gasteiger partial charge in [0.25, 0.3) is 0 Å². The topological polar surface area (TPSA) is 52.1 Å². The minimum Gasteiger partial charge on any atom is -0.493 e. The molecule has 2 aromatic rings. The van der Waals surface area contributed by atoms with E-state index in [4.69, 9.17) is 4.74 Å². The zero-order valence-electron chi connectivity index (χ0n) is 11.6. The highest BCUT2D eigenvalue weighted by atomic mass is 16.5. The first-order valence-electron chi connectivity index (χ1n) is 6.76. The molecule has 0 unspecified atom stereocenters. The van der Waals surface area contributed by atoms with Crippen LogP contribution in [0.4, 0.5) is 0 Å². The summed E-state index contributed by atoms with van der Waals surface area (Å²) >= 11 is 0. The Balaban J connectivity index is 2.06. The molecule has 0 spiro atoms. The summed E-state index contributed by atoms with van der Waals surface area (Å²) in [6.07, 6.45) is 2.06. The molecule has 0 atom stereocenters. The van der Waals surface area contributed by atoms with Gasteiger partial charge in [-0.2, -0.15) is 0 Å². The molecule has 3 rings (SSSR count). The molecule has 0 aliphatic carbocycles. The number of benzene rings is 1. The van der Waals surface area contributed by atoms with E-state index < -0.39 is 0 Å². The SMILES string of the molecule is CC(=O)c1nc(C)cc(-c2ccc3c(c2)CCCO3)n1. The number of ketones is 1. The Kier molecular flexibility index (Phi) is 3.22. The standard InChI is InChI=1S/C16H16N2O2/c1-10-8-14(18-16(17-10)11(2)19)12-5-6-15-13(9-12)4-3-7-20-15/h5-6,8-9H,3-4,7H2,1-2H3. The number of aromatic nitrogens is 2. The third-order valence-electron chi connectivity index (χ3n) is 3.37. The van der Waals surface area contributed by atoms with Crippen molar-refractivity contribution in [1.82, 2.24) is 9.97 Å². The first-order valence-corrected chi connectivity index (χ1v) is 6.76. The van der Waals surface area contributed by atoms with E-state index in [1.54, 1.807) is 0 Å². The third-order valence-corrected chi connectivity index (χ3v) is 3.37. The number of ether oxygens (including phenoxy) is 1. The van der Waals surface area contributed by atoms with Gasteiger partial charge in [0, 0.05) is 18.2 Å². The molecule has 4 heteroatoms. The summed E-state index contributed by atoms with van der Waals surface area (Å²) in [6.45, 7) is 4.14. The van der Waals surface area contributed by atoms with E-state index in [9.17, 15) is 4.79 Å². The molecule has 1 aromatic carbocycles. The minimum atomic E-state index is -0.115. The molecule has 4 nitrogen and oxygen atoms in total. The second kappa shape index (κ2) is 5.04. The van der Waals surface area contributed by atoms with Crippen molar-refractivity contribution < 1.29 is 9.53 Å². The number of carbonyl (C=O) groups is 1. The maximum atomic E-state index is 11.5. The second-order valence-electron chi connectivity index (χ2n) is 5.05. The molecule has 102 valence electrons. The number of hydrogen-bond donors (Lipinski definition) is 0. The van der Waals surface area contributed by atoms with Crippen LogP contribution in [-0.4, -0.2) is 22.4 Å². The summed E-state index contributed by atoms with van der Waals surface area (Å²) < 4.78 is 5.61. The molecule has 20 heavy (non-hydrogen) atoms. The lowest BCUT2D eigenvalue weighted by Gasteiger charge is -2.17. The van der Waals surface area contributed by atoms with Gasteiger partial charge in [-0.25, -0.2) is 9.97 Å². The van der Waals surface area contributed by atoms with Crippen molar-refractivity contribution in [2.75, 3.05) is 6.61 Å². The Morgan fingerprint density at radius 2 is 2.10 bits per heavy atom. The van der Waals surface area contributed by atoms with Crippen molar-refractivity contribution in [3.05, 3.63) is 41.3 Å². The van der Waals surface area contributed by atoms with Crippen LogP contribution in [0.2, 0.25) is 0 Å². The fourth-order valence-electron chi connectivity index (χ4n) is 2.39. The number of aryl methyl sites for hydroxylation is 2. The highest BCUT2D eigenvalue weighted by Crippen LogP contribution is 2.29. The third kappa shape index (κ3) is 2.41. The average molecular weight is 268 g/mol. The van der Waals surface area contributed by atoms with E-state index in [1.165, 1.54) is 12.5 Å². The van der Waals surface area contributed by atoms with Gasteiger partial charge in [0.2, 0.25) is 0 Å².